The Labute approximate surface area is 109 Å². The van der Waals surface area contributed by atoms with Crippen LogP contribution >= 0.6 is 0 Å². The van der Waals surface area contributed by atoms with Crippen LogP contribution in [0.25, 0.3) is 0 Å². The second-order valence-corrected chi connectivity index (χ2v) is 3.88. The van der Waals surface area contributed by atoms with Gasteiger partial charge in [0, 0.05) is 6.04 Å². The molecule has 1 aromatic carbocycles. The Balaban J connectivity index is 0.000000258. The van der Waals surface area contributed by atoms with Crippen molar-refractivity contribution in [2.24, 2.45) is 5.73 Å². The number of carboxylic acids is 2. The maximum absolute atomic E-state index is 9.10. The predicted molar refractivity (Wildman–Crippen MR) is 65.3 cm³/mol. The topological polar surface area (TPSA) is 119 Å². The Bertz CT molecular complexity index is 447. The van der Waals surface area contributed by atoms with E-state index in [-0.39, 0.29) is 12.1 Å². The van der Waals surface area contributed by atoms with Crippen LogP contribution in [0.5, 0.6) is 11.5 Å². The van der Waals surface area contributed by atoms with Crippen molar-refractivity contribution < 1.29 is 29.3 Å². The van der Waals surface area contributed by atoms with Gasteiger partial charge in [0.05, 0.1) is 0 Å². The number of carbonyl (C=O) groups is 2. The van der Waals surface area contributed by atoms with E-state index in [0.29, 0.717) is 6.61 Å². The minimum atomic E-state index is -1.82. The molecule has 0 saturated heterocycles. The summed E-state index contributed by atoms with van der Waals surface area (Å²) in [5.74, 6) is -2.06. The summed E-state index contributed by atoms with van der Waals surface area (Å²) in [6.45, 7) is 2.46. The largest absolute Gasteiger partial charge is 0.486 e. The van der Waals surface area contributed by atoms with Crippen LogP contribution in [-0.4, -0.2) is 40.9 Å². The fourth-order valence-electron chi connectivity index (χ4n) is 1.29. The number of fused-ring (bicyclic) bond motifs is 1. The standard InChI is InChI=1S/C10H13NO2.C2H2O4/c1-7(11)10-6-12-8-4-2-3-5-9(8)13-10;3-1(4)2(5)6/h2-5,7,10H,6,11H2,1H3;(H,3,4)(H,5,6). The van der Waals surface area contributed by atoms with Gasteiger partial charge in [0.1, 0.15) is 12.7 Å². The molecule has 2 rings (SSSR count). The third-order valence-corrected chi connectivity index (χ3v) is 2.30. The van der Waals surface area contributed by atoms with E-state index in [1.54, 1.807) is 0 Å². The van der Waals surface area contributed by atoms with E-state index >= 15 is 0 Å². The van der Waals surface area contributed by atoms with Crippen LogP contribution in [0.3, 0.4) is 0 Å². The van der Waals surface area contributed by atoms with Crippen LogP contribution in [0.2, 0.25) is 0 Å². The zero-order valence-electron chi connectivity index (χ0n) is 10.3. The van der Waals surface area contributed by atoms with Crippen LogP contribution < -0.4 is 15.2 Å². The van der Waals surface area contributed by atoms with E-state index in [2.05, 4.69) is 0 Å². The van der Waals surface area contributed by atoms with Gasteiger partial charge in [-0.05, 0) is 19.1 Å². The summed E-state index contributed by atoms with van der Waals surface area (Å²) < 4.78 is 11.1. The first kappa shape index (κ1) is 14.8. The molecule has 0 spiro atoms. The molecule has 0 radical (unpaired) electrons. The van der Waals surface area contributed by atoms with Crippen molar-refractivity contribution in [3.05, 3.63) is 24.3 Å². The molecule has 0 aliphatic carbocycles. The van der Waals surface area contributed by atoms with E-state index in [0.717, 1.165) is 11.5 Å². The first-order valence-corrected chi connectivity index (χ1v) is 5.52. The van der Waals surface area contributed by atoms with Crippen molar-refractivity contribution >= 4 is 11.9 Å². The van der Waals surface area contributed by atoms with Crippen molar-refractivity contribution in [3.8, 4) is 11.5 Å². The zero-order chi connectivity index (χ0) is 14.4. The Hall–Kier alpha value is -2.28. The molecule has 1 heterocycles. The Morgan fingerprint density at radius 2 is 1.79 bits per heavy atom. The molecule has 1 aliphatic rings. The maximum Gasteiger partial charge on any atom is 0.414 e. The molecule has 0 fully saturated rings. The third kappa shape index (κ3) is 4.47. The molecule has 104 valence electrons. The van der Waals surface area contributed by atoms with Gasteiger partial charge in [-0.3, -0.25) is 0 Å². The summed E-state index contributed by atoms with van der Waals surface area (Å²) in [5.41, 5.74) is 5.72. The fourth-order valence-corrected chi connectivity index (χ4v) is 1.29. The van der Waals surface area contributed by atoms with E-state index in [1.165, 1.54) is 0 Å². The lowest BCUT2D eigenvalue weighted by Crippen LogP contribution is -2.42. The lowest BCUT2D eigenvalue weighted by molar-refractivity contribution is -0.159. The van der Waals surface area contributed by atoms with Crippen molar-refractivity contribution in [2.45, 2.75) is 19.1 Å². The molecule has 1 aliphatic heterocycles. The van der Waals surface area contributed by atoms with Crippen LogP contribution in [-0.2, 0) is 9.59 Å². The molecule has 0 bridgehead atoms. The van der Waals surface area contributed by atoms with Gasteiger partial charge in [0.25, 0.3) is 0 Å². The molecule has 1 aromatic rings. The minimum Gasteiger partial charge on any atom is -0.486 e. The number of ether oxygens (including phenoxy) is 2. The highest BCUT2D eigenvalue weighted by molar-refractivity contribution is 6.27. The number of carboxylic acid groups (broad SMARTS) is 2. The summed E-state index contributed by atoms with van der Waals surface area (Å²) in [6, 6.07) is 7.63. The minimum absolute atomic E-state index is 0.00615. The number of rotatable bonds is 1. The summed E-state index contributed by atoms with van der Waals surface area (Å²) >= 11 is 0. The predicted octanol–water partition coefficient (Wildman–Crippen LogP) is 0.329. The number of hydrogen-bond acceptors (Lipinski definition) is 5. The number of nitrogens with two attached hydrogens (primary N) is 1. The Morgan fingerprint density at radius 1 is 1.26 bits per heavy atom. The molecule has 2 unspecified atom stereocenters. The van der Waals surface area contributed by atoms with Gasteiger partial charge in [0.2, 0.25) is 0 Å². The van der Waals surface area contributed by atoms with E-state index < -0.39 is 11.9 Å². The average molecular weight is 269 g/mol. The monoisotopic (exact) mass is 269 g/mol. The number of para-hydroxylation sites is 2. The van der Waals surface area contributed by atoms with Crippen molar-refractivity contribution in [3.63, 3.8) is 0 Å². The SMILES string of the molecule is CC(N)C1COc2ccccc2O1.O=C(O)C(=O)O. The molecule has 7 nitrogen and oxygen atoms in total. The number of hydrogen-bond donors (Lipinski definition) is 3. The molecule has 0 amide bonds. The highest BCUT2D eigenvalue weighted by atomic mass is 16.6. The highest BCUT2D eigenvalue weighted by Crippen LogP contribution is 2.31. The highest BCUT2D eigenvalue weighted by Gasteiger charge is 2.23. The molecule has 4 N–H and O–H groups in total. The zero-order valence-corrected chi connectivity index (χ0v) is 10.3. The molecule has 19 heavy (non-hydrogen) atoms. The van der Waals surface area contributed by atoms with Crippen LogP contribution in [0, 0.1) is 0 Å². The van der Waals surface area contributed by atoms with E-state index in [4.69, 9.17) is 35.0 Å². The first-order chi connectivity index (χ1) is 8.91. The van der Waals surface area contributed by atoms with E-state index in [9.17, 15) is 0 Å². The number of aliphatic carboxylic acids is 2. The average Bonchev–Trinajstić information content (AvgIpc) is 2.38. The van der Waals surface area contributed by atoms with Crippen molar-refractivity contribution in [1.82, 2.24) is 0 Å². The quantitative estimate of drug-likeness (QED) is 0.628. The normalized spacial score (nSPS) is 17.7. The third-order valence-electron chi connectivity index (χ3n) is 2.30. The smallest absolute Gasteiger partial charge is 0.414 e. The molecule has 0 saturated carbocycles. The lowest BCUT2D eigenvalue weighted by Gasteiger charge is -2.28. The summed E-state index contributed by atoms with van der Waals surface area (Å²) in [4.78, 5) is 18.2. The van der Waals surface area contributed by atoms with Gasteiger partial charge in [-0.1, -0.05) is 12.1 Å². The first-order valence-electron chi connectivity index (χ1n) is 5.52. The van der Waals surface area contributed by atoms with Gasteiger partial charge in [-0.15, -0.1) is 0 Å². The van der Waals surface area contributed by atoms with Gasteiger partial charge >= 0.3 is 11.9 Å². The second-order valence-electron chi connectivity index (χ2n) is 3.88. The summed E-state index contributed by atoms with van der Waals surface area (Å²) in [7, 11) is 0. The van der Waals surface area contributed by atoms with Crippen LogP contribution in [0.4, 0.5) is 0 Å². The Morgan fingerprint density at radius 3 is 2.26 bits per heavy atom. The maximum atomic E-state index is 9.10. The van der Waals surface area contributed by atoms with Crippen molar-refractivity contribution in [1.29, 1.82) is 0 Å². The van der Waals surface area contributed by atoms with Gasteiger partial charge < -0.3 is 25.4 Å². The molecule has 0 aromatic heterocycles. The summed E-state index contributed by atoms with van der Waals surface area (Å²) in [6.07, 6.45) is -0.0325. The van der Waals surface area contributed by atoms with Gasteiger partial charge in [-0.25, -0.2) is 9.59 Å². The molecule has 7 heteroatoms. The van der Waals surface area contributed by atoms with Gasteiger partial charge in [0.15, 0.2) is 11.5 Å². The molecular formula is C12H15NO6. The Kier molecular flexibility index (Phi) is 5.13. The molecule has 2 atom stereocenters. The second kappa shape index (κ2) is 6.60. The van der Waals surface area contributed by atoms with Crippen molar-refractivity contribution in [2.75, 3.05) is 6.61 Å². The van der Waals surface area contributed by atoms with E-state index in [1.807, 2.05) is 31.2 Å². The molecular weight excluding hydrogens is 254 g/mol. The number of benzene rings is 1. The fraction of sp³-hybridized carbons (Fsp3) is 0.333. The lowest BCUT2D eigenvalue weighted by atomic mass is 10.2. The van der Waals surface area contributed by atoms with Gasteiger partial charge in [-0.2, -0.15) is 0 Å². The van der Waals surface area contributed by atoms with Crippen LogP contribution in [0.1, 0.15) is 6.92 Å². The van der Waals surface area contributed by atoms with Crippen LogP contribution in [0.15, 0.2) is 24.3 Å². The summed E-state index contributed by atoms with van der Waals surface area (Å²) in [5, 5.41) is 14.8.